The van der Waals surface area contributed by atoms with Crippen LogP contribution in [-0.4, -0.2) is 44.0 Å². The van der Waals surface area contributed by atoms with Crippen LogP contribution >= 0.6 is 23.4 Å². The molecule has 14 heteroatoms. The van der Waals surface area contributed by atoms with Gasteiger partial charge in [-0.2, -0.15) is 13.0 Å². The molecule has 1 N–H and O–H groups in total. The predicted octanol–water partition coefficient (Wildman–Crippen LogP) is 3.38. The van der Waals surface area contributed by atoms with Crippen LogP contribution in [0.2, 0.25) is 5.02 Å². The van der Waals surface area contributed by atoms with E-state index < -0.39 is 26.0 Å². The fraction of sp³-hybridized carbons (Fsp3) is 0.300. The van der Waals surface area contributed by atoms with E-state index in [1.807, 2.05) is 72.2 Å². The molecule has 0 unspecified atom stereocenters. The van der Waals surface area contributed by atoms with E-state index in [-0.39, 0.29) is 48.3 Å². The molecule has 4 aromatic rings. The molecule has 228 valence electrons. The largest absolute Gasteiger partial charge is 1.00 e. The zero-order chi connectivity index (χ0) is 30.8. The van der Waals surface area contributed by atoms with Crippen LogP contribution in [0.15, 0.2) is 80.6 Å². The molecule has 0 radical (unpaired) electrons. The second-order valence-electron chi connectivity index (χ2n) is 10.3. The second kappa shape index (κ2) is 14.7. The number of hydrogen-bond acceptors (Lipinski definition) is 8. The third-order valence-corrected chi connectivity index (χ3v) is 10.1. The number of benzene rings is 3. The van der Waals surface area contributed by atoms with Crippen molar-refractivity contribution in [2.75, 3.05) is 23.0 Å². The summed E-state index contributed by atoms with van der Waals surface area (Å²) in [6.07, 6.45) is 5.63. The van der Waals surface area contributed by atoms with Crippen molar-refractivity contribution in [1.82, 2.24) is 0 Å². The molecule has 1 aliphatic rings. The summed E-state index contributed by atoms with van der Waals surface area (Å²) in [5.41, 5.74) is 3.34. The van der Waals surface area contributed by atoms with Gasteiger partial charge in [0.25, 0.3) is 15.6 Å². The number of halogens is 1. The van der Waals surface area contributed by atoms with Gasteiger partial charge in [-0.1, -0.05) is 54.6 Å². The molecule has 0 atom stereocenters. The van der Waals surface area contributed by atoms with Gasteiger partial charge in [-0.3, -0.25) is 4.55 Å². The average molecular weight is 686 g/mol. The van der Waals surface area contributed by atoms with E-state index in [1.165, 1.54) is 0 Å². The molecule has 0 bridgehead atoms. The number of rotatable bonds is 12. The molecule has 0 saturated heterocycles. The molecule has 0 spiro atoms. The molecule has 3 aromatic carbocycles. The molecule has 5 rings (SSSR count). The SMILES string of the molecule is CCC(=C/c1oc2ccc3ccccc3c2[n+]1CCCS(=O)(=O)[O-])/C=C1\Sc2ccc(Cl)cc2N1CCCCS(=O)(=O)O.[Na+]. The van der Waals surface area contributed by atoms with Gasteiger partial charge >= 0.3 is 35.4 Å². The molecular weight excluding hydrogens is 655 g/mol. The Labute approximate surface area is 288 Å². The summed E-state index contributed by atoms with van der Waals surface area (Å²) in [5.74, 6) is -0.245. The van der Waals surface area contributed by atoms with Crippen molar-refractivity contribution < 1.29 is 64.5 Å². The standard InChI is InChI=1S/C30H31ClN2O7S3.Na/c1-2-21(19-29-32(14-5-6-16-42(34,35)36)25-20-23(31)11-13-27(25)41-29)18-28-33(15-7-17-43(37,38)39)30-24-9-4-3-8-22(24)10-12-26(30)40-28;/h3-4,8-13,18-20H,2,5-7,14-17H2,1H3,(H-,34,35,36,37,38,39);/q;+1. The van der Waals surface area contributed by atoms with E-state index >= 15 is 0 Å². The van der Waals surface area contributed by atoms with Crippen molar-refractivity contribution in [3.8, 4) is 0 Å². The first-order valence-electron chi connectivity index (χ1n) is 13.8. The zero-order valence-corrected chi connectivity index (χ0v) is 29.6. The first-order valence-corrected chi connectivity index (χ1v) is 18.2. The molecule has 44 heavy (non-hydrogen) atoms. The quantitative estimate of drug-likeness (QED) is 0.103. The maximum atomic E-state index is 11.4. The Hall–Kier alpha value is -1.87. The van der Waals surface area contributed by atoms with Crippen LogP contribution in [-0.2, 0) is 26.8 Å². The summed E-state index contributed by atoms with van der Waals surface area (Å²) in [5, 5.41) is 3.49. The van der Waals surface area contributed by atoms with Gasteiger partial charge in [0.1, 0.15) is 0 Å². The van der Waals surface area contributed by atoms with Gasteiger partial charge < -0.3 is 13.9 Å². The van der Waals surface area contributed by atoms with Crippen molar-refractivity contribution in [3.63, 3.8) is 0 Å². The molecule has 1 aliphatic heterocycles. The predicted molar refractivity (Wildman–Crippen MR) is 170 cm³/mol. The average Bonchev–Trinajstić information content (AvgIpc) is 3.46. The normalized spacial score (nSPS) is 14.9. The third kappa shape index (κ3) is 8.68. The number of nitrogens with zero attached hydrogens (tertiary/aromatic N) is 2. The molecule has 0 aliphatic carbocycles. The number of fused-ring (bicyclic) bond motifs is 4. The van der Waals surface area contributed by atoms with Crippen molar-refractivity contribution in [1.29, 1.82) is 0 Å². The van der Waals surface area contributed by atoms with Gasteiger partial charge in [0.15, 0.2) is 6.54 Å². The second-order valence-corrected chi connectivity index (χ2v) is 14.8. The van der Waals surface area contributed by atoms with Gasteiger partial charge in [-0.25, -0.2) is 8.42 Å². The van der Waals surface area contributed by atoms with Crippen molar-refractivity contribution in [3.05, 3.63) is 82.2 Å². The van der Waals surface area contributed by atoms with E-state index in [0.717, 1.165) is 37.5 Å². The van der Waals surface area contributed by atoms with Gasteiger partial charge in [-0.15, -0.1) is 0 Å². The summed E-state index contributed by atoms with van der Waals surface area (Å²) < 4.78 is 73.9. The summed E-state index contributed by atoms with van der Waals surface area (Å²) >= 11 is 7.89. The Kier molecular flexibility index (Phi) is 11.7. The molecule has 0 fully saturated rings. The Balaban J connectivity index is 0.00000442. The minimum absolute atomic E-state index is 0. The van der Waals surface area contributed by atoms with E-state index in [4.69, 9.17) is 20.6 Å². The van der Waals surface area contributed by atoms with Crippen LogP contribution in [0, 0.1) is 0 Å². The van der Waals surface area contributed by atoms with E-state index in [0.29, 0.717) is 42.3 Å². The number of thioether (sulfide) groups is 1. The Morgan fingerprint density at radius 1 is 1.07 bits per heavy atom. The molecule has 2 heterocycles. The zero-order valence-electron chi connectivity index (χ0n) is 24.4. The fourth-order valence-corrected chi connectivity index (χ4v) is 7.50. The van der Waals surface area contributed by atoms with E-state index in [1.54, 1.807) is 11.8 Å². The molecule has 0 amide bonds. The maximum Gasteiger partial charge on any atom is 1.00 e. The summed E-state index contributed by atoms with van der Waals surface area (Å²) in [7, 11) is -8.40. The Morgan fingerprint density at radius 3 is 2.57 bits per heavy atom. The Bertz CT molecular complexity index is 1960. The third-order valence-electron chi connectivity index (χ3n) is 7.14. The van der Waals surface area contributed by atoms with Crippen LogP contribution in [0.3, 0.4) is 0 Å². The first-order chi connectivity index (χ1) is 20.4. The topological polar surface area (TPSA) is 132 Å². The van der Waals surface area contributed by atoms with Crippen LogP contribution in [0.1, 0.15) is 38.5 Å². The van der Waals surface area contributed by atoms with Gasteiger partial charge in [0, 0.05) is 28.6 Å². The number of allylic oxidation sites excluding steroid dienone is 2. The number of anilines is 1. The minimum Gasteiger partial charge on any atom is -0.748 e. The molecule has 1 aromatic heterocycles. The van der Waals surface area contributed by atoms with Crippen molar-refractivity contribution in [2.24, 2.45) is 0 Å². The number of aryl methyl sites for hydroxylation is 1. The molecule has 9 nitrogen and oxygen atoms in total. The van der Waals surface area contributed by atoms with Crippen LogP contribution in [0.25, 0.3) is 27.9 Å². The number of unbranched alkanes of at least 4 members (excludes halogenated alkanes) is 1. The number of oxazole rings is 1. The van der Waals surface area contributed by atoms with Gasteiger partial charge in [0.2, 0.25) is 5.58 Å². The minimum atomic E-state index is -4.37. The number of hydrogen-bond donors (Lipinski definition) is 1. The molecular formula is C30H31ClN2NaO7S3+. The van der Waals surface area contributed by atoms with E-state index in [9.17, 15) is 21.4 Å². The van der Waals surface area contributed by atoms with Crippen LogP contribution < -0.4 is 39.0 Å². The van der Waals surface area contributed by atoms with Crippen molar-refractivity contribution >= 4 is 77.2 Å². The summed E-state index contributed by atoms with van der Waals surface area (Å²) in [6.45, 7) is 2.83. The Morgan fingerprint density at radius 2 is 1.84 bits per heavy atom. The molecule has 0 saturated carbocycles. The van der Waals surface area contributed by atoms with Gasteiger partial charge in [-0.05, 0) is 66.6 Å². The summed E-state index contributed by atoms with van der Waals surface area (Å²) in [4.78, 5) is 3.11. The first kappa shape index (κ1) is 35.0. The van der Waals surface area contributed by atoms with E-state index in [2.05, 4.69) is 11.0 Å². The van der Waals surface area contributed by atoms with Crippen LogP contribution in [0.4, 0.5) is 5.69 Å². The fourth-order valence-electron chi connectivity index (χ4n) is 5.13. The van der Waals surface area contributed by atoms with Crippen LogP contribution in [0.5, 0.6) is 0 Å². The van der Waals surface area contributed by atoms with Gasteiger partial charge in [0.05, 0.1) is 38.0 Å². The summed E-state index contributed by atoms with van der Waals surface area (Å²) in [6, 6.07) is 17.4. The van der Waals surface area contributed by atoms with Crippen molar-refractivity contribution in [2.45, 2.75) is 44.0 Å². The monoisotopic (exact) mass is 685 g/mol. The maximum absolute atomic E-state index is 11.4. The number of aromatic nitrogens is 1. The smallest absolute Gasteiger partial charge is 0.748 e.